The van der Waals surface area contributed by atoms with E-state index in [0.717, 1.165) is 25.1 Å². The number of carbonyl (C=O) groups excluding carboxylic acids is 1. The summed E-state index contributed by atoms with van der Waals surface area (Å²) in [6, 6.07) is 7.63. The summed E-state index contributed by atoms with van der Waals surface area (Å²) in [6.45, 7) is 6.47. The lowest BCUT2D eigenvalue weighted by Gasteiger charge is -2.16. The summed E-state index contributed by atoms with van der Waals surface area (Å²) in [4.78, 5) is 13.9. The zero-order chi connectivity index (χ0) is 28.7. The maximum atomic E-state index is 12.6. The molecule has 0 saturated heterocycles. The molecule has 5 nitrogen and oxygen atoms in total. The summed E-state index contributed by atoms with van der Waals surface area (Å²) in [5.41, 5.74) is 3.72. The van der Waals surface area contributed by atoms with Gasteiger partial charge >= 0.3 is 5.97 Å². The Hall–Kier alpha value is -1.76. The van der Waals surface area contributed by atoms with E-state index >= 15 is 0 Å². The predicted octanol–water partition coefficient (Wildman–Crippen LogP) is 8.84. The van der Waals surface area contributed by atoms with Crippen LogP contribution in [0.15, 0.2) is 36.0 Å². The Balaban J connectivity index is 1.43. The summed E-state index contributed by atoms with van der Waals surface area (Å²) in [6.07, 6.45) is 23.7. The van der Waals surface area contributed by atoms with Crippen molar-refractivity contribution in [3.05, 3.63) is 52.0 Å². The van der Waals surface area contributed by atoms with Crippen molar-refractivity contribution in [2.24, 2.45) is 0 Å². The highest BCUT2D eigenvalue weighted by atomic mass is 32.1. The van der Waals surface area contributed by atoms with Gasteiger partial charge in [-0.15, -0.1) is 0 Å². The molecule has 0 radical (unpaired) electrons. The Bertz CT molecular complexity index is 900. The number of thiazole rings is 1. The van der Waals surface area contributed by atoms with Gasteiger partial charge < -0.3 is 14.2 Å². The van der Waals surface area contributed by atoms with Gasteiger partial charge in [0.2, 0.25) is 5.51 Å². The first-order chi connectivity index (χ1) is 19.6. The van der Waals surface area contributed by atoms with Crippen LogP contribution in [0.1, 0.15) is 130 Å². The number of benzene rings is 1. The minimum Gasteiger partial charge on any atom is -0.459 e. The largest absolute Gasteiger partial charge is 0.459 e. The number of rotatable bonds is 25. The molecule has 0 amide bonds. The van der Waals surface area contributed by atoms with E-state index in [2.05, 4.69) is 30.1 Å². The molecule has 0 saturated carbocycles. The van der Waals surface area contributed by atoms with Gasteiger partial charge in [-0.1, -0.05) is 127 Å². The molecule has 40 heavy (non-hydrogen) atoms. The highest BCUT2D eigenvalue weighted by Gasteiger charge is 2.15. The SMILES string of the molecule is CCCCCCCCCCCCCCCCCCOCC(COC(=O)c1cccc(C[n+]2csc(C)c2)c1)OC. The van der Waals surface area contributed by atoms with E-state index < -0.39 is 0 Å². The summed E-state index contributed by atoms with van der Waals surface area (Å²) in [5, 5.41) is 0. The molecule has 1 aromatic carbocycles. The quantitative estimate of drug-likeness (QED) is 0.0675. The molecule has 226 valence electrons. The van der Waals surface area contributed by atoms with Gasteiger partial charge in [-0.3, -0.25) is 0 Å². The number of unbranched alkanes of at least 4 members (excludes halogenated alkanes) is 15. The third-order valence-electron chi connectivity index (χ3n) is 7.43. The highest BCUT2D eigenvalue weighted by Crippen LogP contribution is 2.14. The number of esters is 1. The van der Waals surface area contributed by atoms with Gasteiger partial charge in [-0.2, -0.15) is 4.57 Å². The van der Waals surface area contributed by atoms with E-state index in [1.807, 2.05) is 18.2 Å². The van der Waals surface area contributed by atoms with Crippen LogP contribution in [0.3, 0.4) is 0 Å². The first-order valence-corrected chi connectivity index (χ1v) is 16.8. The van der Waals surface area contributed by atoms with Crippen molar-refractivity contribution in [2.75, 3.05) is 26.9 Å². The zero-order valence-electron chi connectivity index (χ0n) is 25.7. The maximum absolute atomic E-state index is 12.6. The number of nitrogens with zero attached hydrogens (tertiary/aromatic N) is 1. The van der Waals surface area contributed by atoms with Gasteiger partial charge in [0.1, 0.15) is 12.7 Å². The fourth-order valence-corrected chi connectivity index (χ4v) is 5.57. The lowest BCUT2D eigenvalue weighted by molar-refractivity contribution is -0.683. The van der Waals surface area contributed by atoms with Gasteiger partial charge in [0.15, 0.2) is 12.7 Å². The average Bonchev–Trinajstić information content (AvgIpc) is 3.38. The number of aromatic nitrogens is 1. The van der Waals surface area contributed by atoms with Crippen LogP contribution in [-0.2, 0) is 20.8 Å². The standard InChI is InChI=1S/C34H56NO4S/c1-4-5-6-7-8-9-10-11-12-13-14-15-16-17-18-19-23-38-27-33(37-3)28-39-34(36)32-22-20-21-31(24-32)26-35-25-30(2)40-29-35/h20-22,24-25,29,33H,4-19,23,26-28H2,1-3H3/q+1. The van der Waals surface area contributed by atoms with E-state index in [4.69, 9.17) is 14.2 Å². The van der Waals surface area contributed by atoms with Crippen molar-refractivity contribution in [3.8, 4) is 0 Å². The van der Waals surface area contributed by atoms with Crippen molar-refractivity contribution in [2.45, 2.75) is 129 Å². The molecule has 1 unspecified atom stereocenters. The van der Waals surface area contributed by atoms with Gasteiger partial charge in [0.25, 0.3) is 0 Å². The van der Waals surface area contributed by atoms with Gasteiger partial charge in [-0.25, -0.2) is 4.79 Å². The molecule has 0 bridgehead atoms. The van der Waals surface area contributed by atoms with Gasteiger partial charge in [0, 0.05) is 19.3 Å². The number of methoxy groups -OCH3 is 1. The minimum atomic E-state index is -0.326. The molecule has 0 aliphatic heterocycles. The number of hydrogen-bond donors (Lipinski definition) is 0. The van der Waals surface area contributed by atoms with E-state index in [9.17, 15) is 4.79 Å². The van der Waals surface area contributed by atoms with E-state index in [0.29, 0.717) is 12.2 Å². The van der Waals surface area contributed by atoms with E-state index in [1.165, 1.54) is 101 Å². The van der Waals surface area contributed by atoms with E-state index in [1.54, 1.807) is 24.5 Å². The molecular formula is C34H56NO4S+. The molecule has 1 aromatic heterocycles. The summed E-state index contributed by atoms with van der Waals surface area (Å²) in [7, 11) is 1.64. The van der Waals surface area contributed by atoms with Crippen molar-refractivity contribution >= 4 is 17.3 Å². The second-order valence-electron chi connectivity index (χ2n) is 11.2. The fraction of sp³-hybridized carbons (Fsp3) is 0.706. The van der Waals surface area contributed by atoms with E-state index in [-0.39, 0.29) is 18.7 Å². The van der Waals surface area contributed by atoms with Crippen LogP contribution < -0.4 is 4.57 Å². The Morgan fingerprint density at radius 2 is 1.45 bits per heavy atom. The van der Waals surface area contributed by atoms with Crippen LogP contribution >= 0.6 is 11.3 Å². The smallest absolute Gasteiger partial charge is 0.338 e. The first kappa shape index (κ1) is 34.4. The first-order valence-electron chi connectivity index (χ1n) is 15.9. The molecule has 6 heteroatoms. The number of aryl methyl sites for hydroxylation is 1. The molecule has 0 fully saturated rings. The van der Waals surface area contributed by atoms with Crippen molar-refractivity contribution < 1.29 is 23.6 Å². The fourth-order valence-electron chi connectivity index (χ4n) is 4.94. The average molecular weight is 575 g/mol. The van der Waals surface area contributed by atoms with Crippen molar-refractivity contribution in [3.63, 3.8) is 0 Å². The Morgan fingerprint density at radius 3 is 2.00 bits per heavy atom. The Labute approximate surface area is 248 Å². The normalized spacial score (nSPS) is 12.1. The monoisotopic (exact) mass is 574 g/mol. The second kappa shape index (κ2) is 22.9. The third-order valence-corrected chi connectivity index (χ3v) is 8.28. The highest BCUT2D eigenvalue weighted by molar-refractivity contribution is 7.09. The molecule has 2 aromatic rings. The minimum absolute atomic E-state index is 0.191. The molecule has 1 atom stereocenters. The van der Waals surface area contributed by atoms with Crippen LogP contribution in [0, 0.1) is 6.92 Å². The van der Waals surface area contributed by atoms with Crippen molar-refractivity contribution in [1.82, 2.24) is 0 Å². The molecular weight excluding hydrogens is 518 g/mol. The Kier molecular flexibility index (Phi) is 19.7. The lowest BCUT2D eigenvalue weighted by Crippen LogP contribution is -2.30. The van der Waals surface area contributed by atoms with Crippen LogP contribution in [-0.4, -0.2) is 39.0 Å². The summed E-state index contributed by atoms with van der Waals surface area (Å²) >= 11 is 1.71. The molecule has 0 aliphatic rings. The van der Waals surface area contributed by atoms with Gasteiger partial charge in [-0.05, 0) is 25.5 Å². The third kappa shape index (κ3) is 16.5. The summed E-state index contributed by atoms with van der Waals surface area (Å²) in [5.74, 6) is -0.326. The maximum Gasteiger partial charge on any atom is 0.338 e. The molecule has 0 aliphatic carbocycles. The van der Waals surface area contributed by atoms with Crippen LogP contribution in [0.2, 0.25) is 0 Å². The molecule has 0 spiro atoms. The topological polar surface area (TPSA) is 48.6 Å². The number of ether oxygens (including phenoxy) is 3. The second-order valence-corrected chi connectivity index (χ2v) is 12.3. The molecule has 0 N–H and O–H groups in total. The molecule has 2 rings (SSSR count). The van der Waals surface area contributed by atoms with Crippen LogP contribution in [0.25, 0.3) is 0 Å². The van der Waals surface area contributed by atoms with Crippen molar-refractivity contribution in [1.29, 1.82) is 0 Å². The zero-order valence-corrected chi connectivity index (χ0v) is 26.5. The van der Waals surface area contributed by atoms with Crippen LogP contribution in [0.5, 0.6) is 0 Å². The Morgan fingerprint density at radius 1 is 0.850 bits per heavy atom. The summed E-state index contributed by atoms with van der Waals surface area (Å²) < 4.78 is 18.9. The van der Waals surface area contributed by atoms with Gasteiger partial charge in [0.05, 0.1) is 17.0 Å². The number of hydrogen-bond acceptors (Lipinski definition) is 5. The number of carbonyl (C=O) groups is 1. The molecule has 1 heterocycles. The lowest BCUT2D eigenvalue weighted by atomic mass is 10.0. The predicted molar refractivity (Wildman–Crippen MR) is 166 cm³/mol. The van der Waals surface area contributed by atoms with Crippen LogP contribution in [0.4, 0.5) is 0 Å².